The smallest absolute Gasteiger partial charge is 0.322 e. The molecule has 0 bridgehead atoms. The van der Waals surface area contributed by atoms with Crippen LogP contribution in [-0.4, -0.2) is 34.7 Å². The van der Waals surface area contributed by atoms with E-state index >= 15 is 0 Å². The van der Waals surface area contributed by atoms with Crippen LogP contribution >= 0.6 is 0 Å². The summed E-state index contributed by atoms with van der Waals surface area (Å²) < 4.78 is 0. The Morgan fingerprint density at radius 3 is 2.65 bits per heavy atom. The number of hydrogen-bond acceptors (Lipinski definition) is 2. The molecule has 2 atom stereocenters. The van der Waals surface area contributed by atoms with Crippen molar-refractivity contribution in [3.05, 3.63) is 29.3 Å². The number of aliphatic hydroxyl groups is 1. The van der Waals surface area contributed by atoms with Gasteiger partial charge in [0.05, 0.1) is 12.1 Å². The van der Waals surface area contributed by atoms with E-state index in [2.05, 4.69) is 38.2 Å². The zero-order chi connectivity index (χ0) is 17.0. The van der Waals surface area contributed by atoms with Crippen LogP contribution in [0.1, 0.15) is 63.5 Å². The van der Waals surface area contributed by atoms with Gasteiger partial charge < -0.3 is 15.3 Å². The number of benzene rings is 1. The number of aliphatic hydroxyl groups excluding tert-OH is 1. The lowest BCUT2D eigenvalue weighted by atomic mass is 9.91. The number of aryl methyl sites for hydroxylation is 1. The second-order valence-electron chi connectivity index (χ2n) is 6.86. The van der Waals surface area contributed by atoms with Gasteiger partial charge in [0.1, 0.15) is 0 Å². The molecule has 4 nitrogen and oxygen atoms in total. The van der Waals surface area contributed by atoms with Crippen LogP contribution in [0.5, 0.6) is 0 Å². The molecule has 1 aliphatic carbocycles. The van der Waals surface area contributed by atoms with E-state index in [1.165, 1.54) is 11.1 Å². The standard InChI is InChI=1S/C19H30N2O2/c1-5-21(17-8-6-7-9-18(17)22)19(23)20-15-11-10-14(4)16(12-15)13(2)3/h10-13,17-18,22H,5-9H2,1-4H3,(H,20,23)/t17-,18-/m1/s1. The van der Waals surface area contributed by atoms with Crippen LogP contribution in [0, 0.1) is 6.92 Å². The number of likely N-dealkylation sites (N-methyl/N-ethyl adjacent to an activating group) is 1. The molecule has 4 heteroatoms. The first-order valence-electron chi connectivity index (χ1n) is 8.80. The first-order chi connectivity index (χ1) is 10.9. The summed E-state index contributed by atoms with van der Waals surface area (Å²) >= 11 is 0. The van der Waals surface area contributed by atoms with Crippen molar-refractivity contribution in [3.8, 4) is 0 Å². The molecule has 2 amide bonds. The first kappa shape index (κ1) is 17.8. The van der Waals surface area contributed by atoms with Crippen LogP contribution in [0.2, 0.25) is 0 Å². The molecular weight excluding hydrogens is 288 g/mol. The summed E-state index contributed by atoms with van der Waals surface area (Å²) in [5.41, 5.74) is 3.32. The van der Waals surface area contributed by atoms with Gasteiger partial charge in [-0.3, -0.25) is 0 Å². The molecular formula is C19H30N2O2. The normalized spacial score (nSPS) is 21.3. The summed E-state index contributed by atoms with van der Waals surface area (Å²) in [6, 6.07) is 5.88. The van der Waals surface area contributed by atoms with Crippen molar-refractivity contribution in [1.82, 2.24) is 4.90 Å². The number of carbonyl (C=O) groups excluding carboxylic acids is 1. The van der Waals surface area contributed by atoms with E-state index in [4.69, 9.17) is 0 Å². The van der Waals surface area contributed by atoms with Crippen molar-refractivity contribution in [3.63, 3.8) is 0 Å². The molecule has 1 aliphatic rings. The highest BCUT2D eigenvalue weighted by molar-refractivity contribution is 5.89. The molecule has 0 saturated heterocycles. The number of amides is 2. The Hall–Kier alpha value is -1.55. The monoisotopic (exact) mass is 318 g/mol. The minimum atomic E-state index is -0.404. The molecule has 0 heterocycles. The van der Waals surface area contributed by atoms with E-state index in [1.54, 1.807) is 4.90 Å². The van der Waals surface area contributed by atoms with E-state index in [0.29, 0.717) is 12.5 Å². The molecule has 1 saturated carbocycles. The lowest BCUT2D eigenvalue weighted by Crippen LogP contribution is -2.50. The molecule has 2 rings (SSSR count). The van der Waals surface area contributed by atoms with Crippen molar-refractivity contribution < 1.29 is 9.90 Å². The summed E-state index contributed by atoms with van der Waals surface area (Å²) in [4.78, 5) is 14.4. The van der Waals surface area contributed by atoms with Crippen molar-refractivity contribution in [2.24, 2.45) is 0 Å². The van der Waals surface area contributed by atoms with E-state index < -0.39 is 6.10 Å². The van der Waals surface area contributed by atoms with Gasteiger partial charge in [-0.05, 0) is 55.9 Å². The maximum Gasteiger partial charge on any atom is 0.322 e. The molecule has 0 unspecified atom stereocenters. The molecule has 0 radical (unpaired) electrons. The predicted molar refractivity (Wildman–Crippen MR) is 94.9 cm³/mol. The van der Waals surface area contributed by atoms with Crippen LogP contribution in [0.15, 0.2) is 18.2 Å². The topological polar surface area (TPSA) is 52.6 Å². The van der Waals surface area contributed by atoms with Gasteiger partial charge in [-0.1, -0.05) is 32.8 Å². The van der Waals surface area contributed by atoms with Gasteiger partial charge in [-0.25, -0.2) is 4.79 Å². The van der Waals surface area contributed by atoms with Gasteiger partial charge in [0.15, 0.2) is 0 Å². The van der Waals surface area contributed by atoms with E-state index in [9.17, 15) is 9.90 Å². The van der Waals surface area contributed by atoms with E-state index in [1.807, 2.05) is 13.0 Å². The van der Waals surface area contributed by atoms with E-state index in [0.717, 1.165) is 31.4 Å². The van der Waals surface area contributed by atoms with Gasteiger partial charge in [-0.15, -0.1) is 0 Å². The maximum absolute atomic E-state index is 12.7. The van der Waals surface area contributed by atoms with Gasteiger partial charge in [0.2, 0.25) is 0 Å². The van der Waals surface area contributed by atoms with Crippen LogP contribution in [0.4, 0.5) is 10.5 Å². The Bertz CT molecular complexity index is 542. The van der Waals surface area contributed by atoms with Crippen molar-refractivity contribution >= 4 is 11.7 Å². The van der Waals surface area contributed by atoms with Crippen LogP contribution in [0.25, 0.3) is 0 Å². The zero-order valence-electron chi connectivity index (χ0n) is 14.8. The predicted octanol–water partition coefficient (Wildman–Crippen LogP) is 4.28. The third kappa shape index (κ3) is 4.25. The molecule has 1 aromatic carbocycles. The fourth-order valence-corrected chi connectivity index (χ4v) is 3.52. The van der Waals surface area contributed by atoms with Gasteiger partial charge in [0.25, 0.3) is 0 Å². The molecule has 2 N–H and O–H groups in total. The summed E-state index contributed by atoms with van der Waals surface area (Å²) in [5, 5.41) is 13.2. The summed E-state index contributed by atoms with van der Waals surface area (Å²) in [7, 11) is 0. The molecule has 128 valence electrons. The molecule has 0 aliphatic heterocycles. The van der Waals surface area contributed by atoms with Crippen molar-refractivity contribution in [2.75, 3.05) is 11.9 Å². The number of urea groups is 1. The van der Waals surface area contributed by atoms with Gasteiger partial charge in [0, 0.05) is 12.2 Å². The zero-order valence-corrected chi connectivity index (χ0v) is 14.8. The number of nitrogens with one attached hydrogen (secondary N) is 1. The van der Waals surface area contributed by atoms with Crippen LogP contribution in [-0.2, 0) is 0 Å². The number of rotatable bonds is 4. The fourth-order valence-electron chi connectivity index (χ4n) is 3.52. The summed E-state index contributed by atoms with van der Waals surface area (Å²) in [5.74, 6) is 0.425. The first-order valence-corrected chi connectivity index (χ1v) is 8.80. The quantitative estimate of drug-likeness (QED) is 0.871. The van der Waals surface area contributed by atoms with Gasteiger partial charge >= 0.3 is 6.03 Å². The molecule has 23 heavy (non-hydrogen) atoms. The highest BCUT2D eigenvalue weighted by Crippen LogP contribution is 2.25. The second-order valence-corrected chi connectivity index (χ2v) is 6.86. The molecule has 1 aromatic rings. The maximum atomic E-state index is 12.7. The Morgan fingerprint density at radius 2 is 2.04 bits per heavy atom. The van der Waals surface area contributed by atoms with E-state index in [-0.39, 0.29) is 12.1 Å². The summed E-state index contributed by atoms with van der Waals surface area (Å²) in [6.07, 6.45) is 3.39. The Balaban J connectivity index is 2.11. The Kier molecular flexibility index (Phi) is 6.05. The summed E-state index contributed by atoms with van der Waals surface area (Å²) in [6.45, 7) is 8.99. The molecule has 0 aromatic heterocycles. The molecule has 0 spiro atoms. The van der Waals surface area contributed by atoms with Crippen molar-refractivity contribution in [1.29, 1.82) is 0 Å². The average Bonchev–Trinajstić information content (AvgIpc) is 2.51. The number of nitrogens with zero attached hydrogens (tertiary/aromatic N) is 1. The highest BCUT2D eigenvalue weighted by atomic mass is 16.3. The van der Waals surface area contributed by atoms with Crippen LogP contribution < -0.4 is 5.32 Å². The third-order valence-electron chi connectivity index (χ3n) is 4.85. The fraction of sp³-hybridized carbons (Fsp3) is 0.632. The lowest BCUT2D eigenvalue weighted by molar-refractivity contribution is 0.0416. The Labute approximate surface area is 139 Å². The lowest BCUT2D eigenvalue weighted by Gasteiger charge is -2.37. The molecule has 1 fully saturated rings. The number of carbonyl (C=O) groups is 1. The van der Waals surface area contributed by atoms with Crippen LogP contribution in [0.3, 0.4) is 0 Å². The van der Waals surface area contributed by atoms with Gasteiger partial charge in [-0.2, -0.15) is 0 Å². The minimum absolute atomic E-state index is 0.0660. The number of hydrogen-bond donors (Lipinski definition) is 2. The number of anilines is 1. The largest absolute Gasteiger partial charge is 0.391 e. The SMILES string of the molecule is CCN(C(=O)Nc1ccc(C)c(C(C)C)c1)[C@@H]1CCCC[C@H]1O. The highest BCUT2D eigenvalue weighted by Gasteiger charge is 2.30. The average molecular weight is 318 g/mol. The third-order valence-corrected chi connectivity index (χ3v) is 4.85. The minimum Gasteiger partial charge on any atom is -0.391 e. The Morgan fingerprint density at radius 1 is 1.35 bits per heavy atom. The van der Waals surface area contributed by atoms with Crippen molar-refractivity contribution in [2.45, 2.75) is 71.4 Å². The second kappa shape index (κ2) is 7.82.